The summed E-state index contributed by atoms with van der Waals surface area (Å²) in [5.41, 5.74) is 12.4. The van der Waals surface area contributed by atoms with Gasteiger partial charge in [-0.15, -0.1) is 0 Å². The molecule has 0 unspecified atom stereocenters. The Balaban J connectivity index is 1.59. The average Bonchev–Trinajstić information content (AvgIpc) is 3.28. The highest BCUT2D eigenvalue weighted by molar-refractivity contribution is 6.01. The molecule has 6 heteroatoms. The molecule has 170 valence electrons. The van der Waals surface area contributed by atoms with Crippen LogP contribution in [0.5, 0.6) is 0 Å². The molecule has 1 fully saturated rings. The number of aromatic nitrogens is 1. The van der Waals surface area contributed by atoms with Gasteiger partial charge in [0.1, 0.15) is 0 Å². The van der Waals surface area contributed by atoms with E-state index in [-0.39, 0.29) is 23.3 Å². The minimum Gasteiger partial charge on any atom is -0.393 e. The molecule has 1 aromatic heterocycles. The monoisotopic (exact) mass is 435 g/mol. The van der Waals surface area contributed by atoms with Gasteiger partial charge >= 0.3 is 0 Å². The molecule has 0 atom stereocenters. The predicted molar refractivity (Wildman–Crippen MR) is 125 cm³/mol. The molecule has 32 heavy (non-hydrogen) atoms. The van der Waals surface area contributed by atoms with Gasteiger partial charge in [0.15, 0.2) is 5.78 Å². The second-order valence-electron chi connectivity index (χ2n) is 10.6. The van der Waals surface area contributed by atoms with Crippen LogP contribution < -0.4 is 11.1 Å². The Kier molecular flexibility index (Phi) is 5.16. The summed E-state index contributed by atoms with van der Waals surface area (Å²) in [5.74, 6) is -0.188. The molecule has 2 aromatic rings. The first-order valence-electron chi connectivity index (χ1n) is 11.9. The number of primary amides is 1. The van der Waals surface area contributed by atoms with Crippen LogP contribution in [-0.4, -0.2) is 33.5 Å². The smallest absolute Gasteiger partial charge is 0.250 e. The summed E-state index contributed by atoms with van der Waals surface area (Å²) in [6.07, 6.45) is 7.48. The molecule has 3 aliphatic rings. The fourth-order valence-corrected chi connectivity index (χ4v) is 5.99. The van der Waals surface area contributed by atoms with Gasteiger partial charge in [0, 0.05) is 40.8 Å². The number of amides is 1. The number of aliphatic hydroxyl groups excluding tert-OH is 1. The van der Waals surface area contributed by atoms with Crippen molar-refractivity contribution in [3.63, 3.8) is 0 Å². The Morgan fingerprint density at radius 3 is 2.59 bits per heavy atom. The lowest BCUT2D eigenvalue weighted by Gasteiger charge is -2.31. The maximum absolute atomic E-state index is 13.1. The molecule has 0 radical (unpaired) electrons. The van der Waals surface area contributed by atoms with Gasteiger partial charge in [0.2, 0.25) is 0 Å². The van der Waals surface area contributed by atoms with Crippen molar-refractivity contribution >= 4 is 17.4 Å². The van der Waals surface area contributed by atoms with Crippen molar-refractivity contribution in [1.29, 1.82) is 0 Å². The molecule has 1 aromatic carbocycles. The molecule has 3 aliphatic carbocycles. The Morgan fingerprint density at radius 1 is 1.12 bits per heavy atom. The summed E-state index contributed by atoms with van der Waals surface area (Å²) in [6, 6.07) is 5.99. The fourth-order valence-electron chi connectivity index (χ4n) is 5.99. The fraction of sp³-hybridized carbons (Fsp3) is 0.538. The third kappa shape index (κ3) is 3.64. The molecule has 5 rings (SSSR count). The number of rotatable bonds is 4. The predicted octanol–water partition coefficient (Wildman–Crippen LogP) is 3.94. The largest absolute Gasteiger partial charge is 0.393 e. The highest BCUT2D eigenvalue weighted by Crippen LogP contribution is 2.43. The number of carbonyl (C=O) groups is 2. The van der Waals surface area contributed by atoms with Crippen LogP contribution in [0.2, 0.25) is 0 Å². The van der Waals surface area contributed by atoms with Crippen LogP contribution in [0.3, 0.4) is 0 Å². The number of carbonyl (C=O) groups excluding carboxylic acids is 2. The van der Waals surface area contributed by atoms with E-state index >= 15 is 0 Å². The maximum atomic E-state index is 13.1. The van der Waals surface area contributed by atoms with E-state index in [0.29, 0.717) is 12.0 Å². The summed E-state index contributed by atoms with van der Waals surface area (Å²) < 4.78 is 2.29. The van der Waals surface area contributed by atoms with Crippen LogP contribution in [0.1, 0.15) is 90.0 Å². The van der Waals surface area contributed by atoms with Crippen LogP contribution in [0.4, 0.5) is 5.69 Å². The zero-order chi connectivity index (χ0) is 22.6. The molecule has 1 heterocycles. The number of nitrogens with one attached hydrogen (secondary N) is 1. The normalized spacial score (nSPS) is 24.2. The molecule has 0 bridgehead atoms. The van der Waals surface area contributed by atoms with E-state index in [1.54, 1.807) is 6.07 Å². The SMILES string of the molecule is CC1(C)CC(=O)c2c3c(n(-c4ccc(C(N)=O)c(N[C@H]5CC[C@H](O)CC5)c4)c2C1)CCC3. The van der Waals surface area contributed by atoms with E-state index in [2.05, 4.69) is 23.7 Å². The first-order chi connectivity index (χ1) is 15.2. The van der Waals surface area contributed by atoms with Crippen molar-refractivity contribution in [3.05, 3.63) is 46.3 Å². The van der Waals surface area contributed by atoms with Crippen LogP contribution >= 0.6 is 0 Å². The lowest BCUT2D eigenvalue weighted by atomic mass is 9.75. The molecular weight excluding hydrogens is 402 g/mol. The van der Waals surface area contributed by atoms with Crippen LogP contribution in [0.15, 0.2) is 18.2 Å². The maximum Gasteiger partial charge on any atom is 0.250 e. The number of aliphatic hydroxyl groups is 1. The van der Waals surface area contributed by atoms with Gasteiger partial charge in [-0.2, -0.15) is 0 Å². The van der Waals surface area contributed by atoms with Crippen LogP contribution in [0, 0.1) is 5.41 Å². The van der Waals surface area contributed by atoms with Gasteiger partial charge < -0.3 is 20.7 Å². The van der Waals surface area contributed by atoms with E-state index in [1.807, 2.05) is 12.1 Å². The number of benzene rings is 1. The molecule has 0 aliphatic heterocycles. The van der Waals surface area contributed by atoms with Gasteiger partial charge in [0.25, 0.3) is 5.91 Å². The summed E-state index contributed by atoms with van der Waals surface area (Å²) in [5, 5.41) is 13.4. The second kappa shape index (κ2) is 7.77. The quantitative estimate of drug-likeness (QED) is 0.678. The number of ketones is 1. The number of anilines is 1. The van der Waals surface area contributed by atoms with Gasteiger partial charge in [-0.1, -0.05) is 13.8 Å². The topological polar surface area (TPSA) is 97.4 Å². The zero-order valence-corrected chi connectivity index (χ0v) is 19.0. The Hall–Kier alpha value is -2.60. The first kappa shape index (κ1) is 21.3. The highest BCUT2D eigenvalue weighted by atomic mass is 16.3. The van der Waals surface area contributed by atoms with Crippen molar-refractivity contribution < 1.29 is 14.7 Å². The van der Waals surface area contributed by atoms with E-state index in [0.717, 1.165) is 74.0 Å². The Morgan fingerprint density at radius 2 is 1.88 bits per heavy atom. The lowest BCUT2D eigenvalue weighted by Crippen LogP contribution is -2.29. The van der Waals surface area contributed by atoms with Gasteiger partial charge in [0.05, 0.1) is 11.7 Å². The van der Waals surface area contributed by atoms with E-state index in [4.69, 9.17) is 5.73 Å². The Labute approximate surface area is 189 Å². The lowest BCUT2D eigenvalue weighted by molar-refractivity contribution is 0.0909. The van der Waals surface area contributed by atoms with Crippen molar-refractivity contribution in [2.45, 2.75) is 83.8 Å². The van der Waals surface area contributed by atoms with Crippen LogP contribution in [0.25, 0.3) is 5.69 Å². The standard InChI is InChI=1S/C26H33N3O3/c1-26(2)13-22-24(23(31)14-26)19-4-3-5-21(19)29(22)16-8-11-18(25(27)32)20(12-16)28-15-6-9-17(30)10-7-15/h8,11-12,15,17,28,30H,3-7,9-10,13-14H2,1-2H3,(H2,27,32)/t15-,17-. The molecular formula is C26H33N3O3. The van der Waals surface area contributed by atoms with Gasteiger partial charge in [-0.05, 0) is 80.5 Å². The van der Waals surface area contributed by atoms with E-state index in [9.17, 15) is 14.7 Å². The molecule has 4 N–H and O–H groups in total. The Bertz CT molecular complexity index is 1090. The third-order valence-corrected chi connectivity index (χ3v) is 7.47. The van der Waals surface area contributed by atoms with Crippen molar-refractivity contribution in [2.24, 2.45) is 11.1 Å². The van der Waals surface area contributed by atoms with Crippen LogP contribution in [-0.2, 0) is 19.3 Å². The number of hydrogen-bond acceptors (Lipinski definition) is 4. The molecule has 6 nitrogen and oxygen atoms in total. The summed E-state index contributed by atoms with van der Waals surface area (Å²) in [7, 11) is 0. The summed E-state index contributed by atoms with van der Waals surface area (Å²) in [6.45, 7) is 4.33. The highest BCUT2D eigenvalue weighted by Gasteiger charge is 2.38. The second-order valence-corrected chi connectivity index (χ2v) is 10.6. The number of nitrogens with zero attached hydrogens (tertiary/aromatic N) is 1. The number of nitrogens with two attached hydrogens (primary N) is 1. The van der Waals surface area contributed by atoms with Crippen molar-refractivity contribution in [3.8, 4) is 5.69 Å². The minimum atomic E-state index is -0.453. The first-order valence-corrected chi connectivity index (χ1v) is 11.9. The van der Waals surface area contributed by atoms with E-state index in [1.165, 1.54) is 11.3 Å². The molecule has 0 spiro atoms. The molecule has 0 saturated heterocycles. The average molecular weight is 436 g/mol. The summed E-state index contributed by atoms with van der Waals surface area (Å²) >= 11 is 0. The minimum absolute atomic E-state index is 0.0644. The third-order valence-electron chi connectivity index (χ3n) is 7.47. The summed E-state index contributed by atoms with van der Waals surface area (Å²) in [4.78, 5) is 25.2. The molecule has 1 saturated carbocycles. The van der Waals surface area contributed by atoms with Gasteiger partial charge in [-0.25, -0.2) is 0 Å². The molecule has 1 amide bonds. The van der Waals surface area contributed by atoms with Crippen molar-refractivity contribution in [2.75, 3.05) is 5.32 Å². The number of hydrogen-bond donors (Lipinski definition) is 3. The van der Waals surface area contributed by atoms with Gasteiger partial charge in [-0.3, -0.25) is 9.59 Å². The number of fused-ring (bicyclic) bond motifs is 3. The van der Waals surface area contributed by atoms with E-state index < -0.39 is 5.91 Å². The van der Waals surface area contributed by atoms with Crippen molar-refractivity contribution in [1.82, 2.24) is 4.57 Å². The zero-order valence-electron chi connectivity index (χ0n) is 19.0. The number of Topliss-reactive ketones (excluding diaryl/α,β-unsaturated/α-hetero) is 1.